The Bertz CT molecular complexity index is 719. The first-order valence-electron chi connectivity index (χ1n) is 7.52. The van der Waals surface area contributed by atoms with Crippen LogP contribution in [0.2, 0.25) is 0 Å². The Morgan fingerprint density at radius 3 is 2.58 bits per heavy atom. The first kappa shape index (κ1) is 17.0. The second-order valence-corrected chi connectivity index (χ2v) is 5.11. The van der Waals surface area contributed by atoms with Crippen LogP contribution in [0, 0.1) is 11.3 Å². The predicted octanol–water partition coefficient (Wildman–Crippen LogP) is 3.19. The number of benzene rings is 2. The van der Waals surface area contributed by atoms with E-state index in [-0.39, 0.29) is 0 Å². The fourth-order valence-corrected chi connectivity index (χ4v) is 2.01. The summed E-state index contributed by atoms with van der Waals surface area (Å²) in [6.07, 6.45) is 2.06. The van der Waals surface area contributed by atoms with Crippen molar-refractivity contribution in [1.29, 1.82) is 5.26 Å². The molecule has 0 radical (unpaired) electrons. The summed E-state index contributed by atoms with van der Waals surface area (Å²) < 4.78 is 0. The topological polar surface area (TPSA) is 80.5 Å². The number of urea groups is 1. The van der Waals surface area contributed by atoms with Crippen LogP contribution in [-0.2, 0) is 0 Å². The highest BCUT2D eigenvalue weighted by atomic mass is 16.2. The van der Waals surface area contributed by atoms with E-state index >= 15 is 0 Å². The maximum atomic E-state index is 11.7. The normalized spacial score (nSPS) is 10.2. The number of carbonyl (C=O) groups is 1. The molecular weight excluding hydrogens is 302 g/mol. The molecule has 0 atom stereocenters. The molecule has 2 aromatic carbocycles. The van der Waals surface area contributed by atoms with Crippen molar-refractivity contribution in [3.63, 3.8) is 0 Å². The molecule has 2 N–H and O–H groups in total. The highest BCUT2D eigenvalue weighted by molar-refractivity contribution is 5.90. The zero-order valence-electron chi connectivity index (χ0n) is 13.4. The molecule has 0 aromatic heterocycles. The van der Waals surface area contributed by atoms with E-state index in [0.717, 1.165) is 11.3 Å². The quantitative estimate of drug-likeness (QED) is 0.633. The smallest absolute Gasteiger partial charge is 0.339 e. The van der Waals surface area contributed by atoms with Gasteiger partial charge >= 0.3 is 6.03 Å². The third-order valence-electron chi connectivity index (χ3n) is 3.30. The van der Waals surface area contributed by atoms with Gasteiger partial charge in [-0.05, 0) is 29.8 Å². The van der Waals surface area contributed by atoms with Gasteiger partial charge in [0.2, 0.25) is 0 Å². The molecule has 2 rings (SSSR count). The summed E-state index contributed by atoms with van der Waals surface area (Å²) in [6, 6.07) is 18.6. The second-order valence-electron chi connectivity index (χ2n) is 5.11. The molecule has 0 spiro atoms. The molecule has 0 aliphatic heterocycles. The van der Waals surface area contributed by atoms with Crippen molar-refractivity contribution >= 4 is 23.6 Å². The number of hydrogen-bond acceptors (Lipinski definition) is 4. The van der Waals surface area contributed by atoms with Gasteiger partial charge in [0.15, 0.2) is 0 Å². The summed E-state index contributed by atoms with van der Waals surface area (Å²) in [5, 5.41) is 15.2. The summed E-state index contributed by atoms with van der Waals surface area (Å²) in [4.78, 5) is 13.7. The van der Waals surface area contributed by atoms with Crippen LogP contribution in [-0.4, -0.2) is 25.8 Å². The lowest BCUT2D eigenvalue weighted by molar-refractivity contribution is 0.252. The Hall–Kier alpha value is -3.33. The Kier molecular flexibility index (Phi) is 6.35. The molecule has 0 unspecified atom stereocenters. The SMILES string of the molecule is CN(CCC#N)c1ccc(/C=N\NC(=O)Nc2ccccc2)cc1. The van der Waals surface area contributed by atoms with Crippen LogP contribution >= 0.6 is 0 Å². The number of nitrogens with one attached hydrogen (secondary N) is 2. The summed E-state index contributed by atoms with van der Waals surface area (Å²) in [5.41, 5.74) is 5.01. The van der Waals surface area contributed by atoms with Crippen molar-refractivity contribution in [2.45, 2.75) is 6.42 Å². The van der Waals surface area contributed by atoms with Gasteiger partial charge in [0.25, 0.3) is 0 Å². The molecule has 24 heavy (non-hydrogen) atoms. The van der Waals surface area contributed by atoms with Crippen molar-refractivity contribution in [3.05, 3.63) is 60.2 Å². The van der Waals surface area contributed by atoms with E-state index in [9.17, 15) is 4.79 Å². The first-order chi connectivity index (χ1) is 11.7. The van der Waals surface area contributed by atoms with E-state index in [1.807, 2.05) is 54.4 Å². The minimum absolute atomic E-state index is 0.398. The lowest BCUT2D eigenvalue weighted by atomic mass is 10.2. The van der Waals surface area contributed by atoms with Crippen molar-refractivity contribution in [1.82, 2.24) is 5.43 Å². The molecule has 6 heteroatoms. The van der Waals surface area contributed by atoms with E-state index in [1.54, 1.807) is 18.3 Å². The van der Waals surface area contributed by atoms with Crippen LogP contribution in [0.5, 0.6) is 0 Å². The number of nitriles is 1. The van der Waals surface area contributed by atoms with Gasteiger partial charge in [-0.3, -0.25) is 0 Å². The molecule has 0 aliphatic rings. The van der Waals surface area contributed by atoms with Crippen molar-refractivity contribution in [2.75, 3.05) is 23.8 Å². The highest BCUT2D eigenvalue weighted by Crippen LogP contribution is 2.13. The fraction of sp³-hybridized carbons (Fsp3) is 0.167. The van der Waals surface area contributed by atoms with Gasteiger partial charge in [-0.1, -0.05) is 30.3 Å². The maximum Gasteiger partial charge on any atom is 0.339 e. The average Bonchev–Trinajstić information content (AvgIpc) is 2.61. The average molecular weight is 321 g/mol. The number of carbonyl (C=O) groups excluding carboxylic acids is 1. The Morgan fingerprint density at radius 1 is 1.21 bits per heavy atom. The monoisotopic (exact) mass is 321 g/mol. The van der Waals surface area contributed by atoms with Gasteiger partial charge in [-0.15, -0.1) is 0 Å². The fourth-order valence-electron chi connectivity index (χ4n) is 2.01. The summed E-state index contributed by atoms with van der Waals surface area (Å²) in [6.45, 7) is 0.686. The van der Waals surface area contributed by atoms with Gasteiger partial charge in [0, 0.05) is 25.0 Å². The van der Waals surface area contributed by atoms with Gasteiger partial charge in [0.1, 0.15) is 0 Å². The van der Waals surface area contributed by atoms with Crippen LogP contribution in [0.25, 0.3) is 0 Å². The molecule has 0 fully saturated rings. The van der Waals surface area contributed by atoms with E-state index < -0.39 is 6.03 Å². The molecule has 0 saturated heterocycles. The first-order valence-corrected chi connectivity index (χ1v) is 7.52. The predicted molar refractivity (Wildman–Crippen MR) is 96.1 cm³/mol. The zero-order chi connectivity index (χ0) is 17.2. The number of para-hydroxylation sites is 1. The van der Waals surface area contributed by atoms with E-state index in [1.165, 1.54) is 0 Å². The Balaban J connectivity index is 1.83. The molecule has 122 valence electrons. The largest absolute Gasteiger partial charge is 0.374 e. The van der Waals surface area contributed by atoms with E-state index in [0.29, 0.717) is 18.7 Å². The molecule has 0 heterocycles. The number of hydrogen-bond donors (Lipinski definition) is 2. The Morgan fingerprint density at radius 2 is 1.92 bits per heavy atom. The number of hydrazone groups is 1. The van der Waals surface area contributed by atoms with Gasteiger partial charge < -0.3 is 10.2 Å². The van der Waals surface area contributed by atoms with Crippen molar-refractivity contribution < 1.29 is 4.79 Å². The van der Waals surface area contributed by atoms with E-state index in [2.05, 4.69) is 21.9 Å². The molecule has 2 amide bonds. The molecule has 0 aliphatic carbocycles. The number of nitrogens with zero attached hydrogens (tertiary/aromatic N) is 3. The number of anilines is 2. The third kappa shape index (κ3) is 5.46. The number of amides is 2. The van der Waals surface area contributed by atoms with Crippen LogP contribution in [0.4, 0.5) is 16.2 Å². The van der Waals surface area contributed by atoms with Crippen LogP contribution in [0.3, 0.4) is 0 Å². The molecule has 2 aromatic rings. The summed E-state index contributed by atoms with van der Waals surface area (Å²) in [7, 11) is 1.94. The highest BCUT2D eigenvalue weighted by Gasteiger charge is 2.00. The lowest BCUT2D eigenvalue weighted by Gasteiger charge is -2.17. The minimum atomic E-state index is -0.398. The summed E-state index contributed by atoms with van der Waals surface area (Å²) in [5.74, 6) is 0. The molecule has 0 saturated carbocycles. The van der Waals surface area contributed by atoms with Crippen molar-refractivity contribution in [3.8, 4) is 6.07 Å². The minimum Gasteiger partial charge on any atom is -0.374 e. The van der Waals surface area contributed by atoms with Crippen molar-refractivity contribution in [2.24, 2.45) is 5.10 Å². The standard InChI is InChI=1S/C18H19N5O/c1-23(13-5-12-19)17-10-8-15(9-11-17)14-20-22-18(24)21-16-6-3-2-4-7-16/h2-4,6-11,14H,5,13H2,1H3,(H2,21,22,24)/b20-14-. The van der Waals surface area contributed by atoms with Crippen LogP contribution in [0.15, 0.2) is 59.7 Å². The van der Waals surface area contributed by atoms with Crippen LogP contribution < -0.4 is 15.6 Å². The second kappa shape index (κ2) is 8.96. The zero-order valence-corrected chi connectivity index (χ0v) is 13.4. The van der Waals surface area contributed by atoms with Gasteiger partial charge in [-0.2, -0.15) is 10.4 Å². The summed E-state index contributed by atoms with van der Waals surface area (Å²) >= 11 is 0. The van der Waals surface area contributed by atoms with Crippen LogP contribution in [0.1, 0.15) is 12.0 Å². The molecular formula is C18H19N5O. The number of rotatable bonds is 6. The Labute approximate surface area is 141 Å². The maximum absolute atomic E-state index is 11.7. The molecule has 0 bridgehead atoms. The molecule has 6 nitrogen and oxygen atoms in total. The van der Waals surface area contributed by atoms with Gasteiger partial charge in [-0.25, -0.2) is 10.2 Å². The lowest BCUT2D eigenvalue weighted by Crippen LogP contribution is -2.24. The third-order valence-corrected chi connectivity index (χ3v) is 3.30. The van der Waals surface area contributed by atoms with Gasteiger partial charge in [0.05, 0.1) is 18.7 Å². The van der Waals surface area contributed by atoms with E-state index in [4.69, 9.17) is 5.26 Å².